The fourth-order valence-corrected chi connectivity index (χ4v) is 3.26. The molecule has 0 aliphatic rings. The van der Waals surface area contributed by atoms with Gasteiger partial charge in [0.15, 0.2) is 5.82 Å². The number of carboxylic acid groups (broad SMARTS) is 1. The van der Waals surface area contributed by atoms with Crippen LogP contribution in [0.15, 0.2) is 48.5 Å². The third-order valence-electron chi connectivity index (χ3n) is 4.40. The van der Waals surface area contributed by atoms with Gasteiger partial charge >= 0.3 is 5.97 Å². The van der Waals surface area contributed by atoms with Crippen molar-refractivity contribution < 1.29 is 9.90 Å². The summed E-state index contributed by atoms with van der Waals surface area (Å²) in [5.41, 5.74) is 2.79. The zero-order valence-corrected chi connectivity index (χ0v) is 17.0. The standard InChI is InChI=1S/C22H23N3O2S/c1-22(2,3)25-20(23-19(24-25)12-13-28)14-15-8-10-16(11-9-15)17-6-4-5-7-18(17)21(26)27/h4-11,13H,12,14H2,1-3H3,(H,26,27). The zero-order valence-electron chi connectivity index (χ0n) is 16.2. The van der Waals surface area contributed by atoms with Gasteiger partial charge in [-0.1, -0.05) is 54.7 Å². The maximum atomic E-state index is 11.5. The van der Waals surface area contributed by atoms with E-state index >= 15 is 0 Å². The highest BCUT2D eigenvalue weighted by Gasteiger charge is 2.21. The van der Waals surface area contributed by atoms with Crippen molar-refractivity contribution in [2.24, 2.45) is 0 Å². The van der Waals surface area contributed by atoms with Gasteiger partial charge in [-0.05, 0) is 48.9 Å². The summed E-state index contributed by atoms with van der Waals surface area (Å²) in [7, 11) is 0. The summed E-state index contributed by atoms with van der Waals surface area (Å²) in [6, 6.07) is 14.9. The number of hydrogen-bond acceptors (Lipinski definition) is 4. The highest BCUT2D eigenvalue weighted by atomic mass is 32.1. The molecule has 0 amide bonds. The number of hydrogen-bond donors (Lipinski definition) is 1. The van der Waals surface area contributed by atoms with E-state index in [9.17, 15) is 9.90 Å². The number of carboxylic acids is 1. The van der Waals surface area contributed by atoms with Crippen molar-refractivity contribution in [3.05, 3.63) is 71.3 Å². The lowest BCUT2D eigenvalue weighted by molar-refractivity contribution is 0.0697. The number of aromatic carboxylic acids is 1. The van der Waals surface area contributed by atoms with E-state index in [-0.39, 0.29) is 5.54 Å². The molecule has 3 aromatic rings. The topological polar surface area (TPSA) is 68.0 Å². The predicted molar refractivity (Wildman–Crippen MR) is 114 cm³/mol. The summed E-state index contributed by atoms with van der Waals surface area (Å²) < 4.78 is 1.95. The molecule has 5 nitrogen and oxygen atoms in total. The average Bonchev–Trinajstić information content (AvgIpc) is 3.05. The predicted octanol–water partition coefficient (Wildman–Crippen LogP) is 4.53. The monoisotopic (exact) mass is 393 g/mol. The molecule has 6 heteroatoms. The summed E-state index contributed by atoms with van der Waals surface area (Å²) in [6.07, 6.45) is 1.21. The van der Waals surface area contributed by atoms with Gasteiger partial charge in [-0.25, -0.2) is 14.5 Å². The molecule has 2 aromatic carbocycles. The van der Waals surface area contributed by atoms with Crippen molar-refractivity contribution in [2.45, 2.75) is 39.2 Å². The smallest absolute Gasteiger partial charge is 0.336 e. The molecule has 0 atom stereocenters. The van der Waals surface area contributed by atoms with Gasteiger partial charge in [0, 0.05) is 12.8 Å². The number of aromatic nitrogens is 3. The molecule has 144 valence electrons. The first-order valence-corrected chi connectivity index (χ1v) is 9.57. The molecule has 3 rings (SSSR count). The van der Waals surface area contributed by atoms with Crippen LogP contribution in [0.2, 0.25) is 0 Å². The highest BCUT2D eigenvalue weighted by molar-refractivity contribution is 7.78. The second-order valence-corrected chi connectivity index (χ2v) is 7.96. The van der Waals surface area contributed by atoms with Gasteiger partial charge in [-0.3, -0.25) is 0 Å². The van der Waals surface area contributed by atoms with Crippen molar-refractivity contribution in [3.63, 3.8) is 0 Å². The molecule has 0 saturated carbocycles. The maximum Gasteiger partial charge on any atom is 0.336 e. The molecule has 0 saturated heterocycles. The molecular weight excluding hydrogens is 370 g/mol. The number of benzene rings is 2. The van der Waals surface area contributed by atoms with Crippen LogP contribution in [-0.4, -0.2) is 31.2 Å². The molecular formula is C22H23N3O2S. The fraction of sp³-hybridized carbons (Fsp3) is 0.273. The Morgan fingerprint density at radius 2 is 1.82 bits per heavy atom. The summed E-state index contributed by atoms with van der Waals surface area (Å²) in [5, 5.41) is 15.6. The van der Waals surface area contributed by atoms with E-state index in [1.165, 1.54) is 0 Å². The second-order valence-electron chi connectivity index (χ2n) is 7.62. The van der Waals surface area contributed by atoms with Gasteiger partial charge < -0.3 is 5.11 Å². The first kappa shape index (κ1) is 19.9. The minimum atomic E-state index is -0.927. The molecule has 0 unspecified atom stereocenters. The summed E-state index contributed by atoms with van der Waals surface area (Å²) >= 11 is 4.94. The SMILES string of the molecule is CC(C)(C)n1nc(CC=S)nc1Cc1ccc(-c2ccccc2C(=O)O)cc1. The van der Waals surface area contributed by atoms with Crippen LogP contribution in [0.4, 0.5) is 0 Å². The normalized spacial score (nSPS) is 11.4. The fourth-order valence-electron chi connectivity index (χ4n) is 3.11. The van der Waals surface area contributed by atoms with E-state index in [1.54, 1.807) is 17.5 Å². The van der Waals surface area contributed by atoms with Gasteiger partial charge in [-0.15, -0.1) is 0 Å². The van der Waals surface area contributed by atoms with E-state index in [0.717, 1.165) is 22.8 Å². The lowest BCUT2D eigenvalue weighted by Crippen LogP contribution is -2.25. The third kappa shape index (κ3) is 4.34. The molecule has 0 fully saturated rings. The van der Waals surface area contributed by atoms with Gasteiger partial charge in [-0.2, -0.15) is 5.10 Å². The van der Waals surface area contributed by atoms with Crippen LogP contribution >= 0.6 is 12.2 Å². The first-order valence-electron chi connectivity index (χ1n) is 9.10. The van der Waals surface area contributed by atoms with Crippen molar-refractivity contribution in [1.29, 1.82) is 0 Å². The summed E-state index contributed by atoms with van der Waals surface area (Å²) in [4.78, 5) is 16.1. The minimum absolute atomic E-state index is 0.178. The number of rotatable bonds is 6. The Morgan fingerprint density at radius 3 is 2.43 bits per heavy atom. The van der Waals surface area contributed by atoms with E-state index in [1.807, 2.05) is 41.1 Å². The highest BCUT2D eigenvalue weighted by Crippen LogP contribution is 2.25. The van der Waals surface area contributed by atoms with E-state index in [4.69, 9.17) is 12.2 Å². The molecule has 1 heterocycles. The van der Waals surface area contributed by atoms with Crippen LogP contribution in [-0.2, 0) is 18.4 Å². The Morgan fingerprint density at radius 1 is 1.14 bits per heavy atom. The van der Waals surface area contributed by atoms with Crippen molar-refractivity contribution in [3.8, 4) is 11.1 Å². The maximum absolute atomic E-state index is 11.5. The van der Waals surface area contributed by atoms with Crippen LogP contribution in [0.25, 0.3) is 11.1 Å². The summed E-state index contributed by atoms with van der Waals surface area (Å²) in [5.74, 6) is 0.689. The molecule has 0 radical (unpaired) electrons. The van der Waals surface area contributed by atoms with Gasteiger partial charge in [0.25, 0.3) is 0 Å². The molecule has 1 aromatic heterocycles. The van der Waals surface area contributed by atoms with Gasteiger partial charge in [0.05, 0.1) is 11.1 Å². The number of thiocarbonyl (C=S) groups is 1. The van der Waals surface area contributed by atoms with Crippen molar-refractivity contribution in [2.75, 3.05) is 0 Å². The Hall–Kier alpha value is -2.86. The van der Waals surface area contributed by atoms with Gasteiger partial charge in [0.2, 0.25) is 0 Å². The quantitative estimate of drug-likeness (QED) is 0.623. The lowest BCUT2D eigenvalue weighted by Gasteiger charge is -2.21. The molecule has 0 aliphatic carbocycles. The van der Waals surface area contributed by atoms with Crippen molar-refractivity contribution in [1.82, 2.24) is 14.8 Å². The van der Waals surface area contributed by atoms with Gasteiger partial charge in [0.1, 0.15) is 5.82 Å². The largest absolute Gasteiger partial charge is 0.478 e. The molecule has 1 N–H and O–H groups in total. The number of carbonyl (C=O) groups is 1. The first-order chi connectivity index (χ1) is 13.3. The van der Waals surface area contributed by atoms with Crippen LogP contribution < -0.4 is 0 Å². The van der Waals surface area contributed by atoms with Crippen LogP contribution in [0.3, 0.4) is 0 Å². The molecule has 0 bridgehead atoms. The van der Waals surface area contributed by atoms with E-state index in [2.05, 4.69) is 30.9 Å². The van der Waals surface area contributed by atoms with Crippen LogP contribution in [0.1, 0.15) is 48.3 Å². The second kappa shape index (κ2) is 8.02. The third-order valence-corrected chi connectivity index (χ3v) is 4.57. The van der Waals surface area contributed by atoms with E-state index < -0.39 is 5.97 Å². The minimum Gasteiger partial charge on any atom is -0.478 e. The Kier molecular flexibility index (Phi) is 5.70. The molecule has 0 aliphatic heterocycles. The zero-order chi connectivity index (χ0) is 20.3. The van der Waals surface area contributed by atoms with Crippen molar-refractivity contribution >= 4 is 23.6 Å². The molecule has 0 spiro atoms. The lowest BCUT2D eigenvalue weighted by atomic mass is 9.98. The Balaban J connectivity index is 1.90. The summed E-state index contributed by atoms with van der Waals surface area (Å²) in [6.45, 7) is 6.29. The molecule has 28 heavy (non-hydrogen) atoms. The average molecular weight is 394 g/mol. The Labute approximate surface area is 170 Å². The Bertz CT molecular complexity index is 1000. The van der Waals surface area contributed by atoms with Crippen LogP contribution in [0, 0.1) is 0 Å². The van der Waals surface area contributed by atoms with Crippen LogP contribution in [0.5, 0.6) is 0 Å². The van der Waals surface area contributed by atoms with E-state index in [0.29, 0.717) is 24.0 Å². The number of nitrogens with zero attached hydrogens (tertiary/aromatic N) is 3.